The lowest BCUT2D eigenvalue weighted by atomic mass is 10.1. The second-order valence-corrected chi connectivity index (χ2v) is 6.03. The Balaban J connectivity index is 2.81. The summed E-state index contributed by atoms with van der Waals surface area (Å²) in [6, 6.07) is 9.67. The van der Waals surface area contributed by atoms with Crippen LogP contribution in [0.4, 0.5) is 11.6 Å². The molecule has 102 valence electrons. The molecular formula is C13H12N4O2S. The fraction of sp³-hybridized carbons (Fsp3) is 0.0769. The van der Waals surface area contributed by atoms with Crippen LogP contribution in [0.25, 0.3) is 0 Å². The Hall–Kier alpha value is -2.59. The summed E-state index contributed by atoms with van der Waals surface area (Å²) in [4.78, 5) is 3.67. The Morgan fingerprint density at radius 3 is 2.30 bits per heavy atom. The molecule has 0 radical (unpaired) electrons. The maximum Gasteiger partial charge on any atom is 0.210 e. The highest BCUT2D eigenvalue weighted by molar-refractivity contribution is 7.91. The van der Waals surface area contributed by atoms with Gasteiger partial charge in [0.2, 0.25) is 9.84 Å². The third kappa shape index (κ3) is 2.06. The number of rotatable bonds is 2. The molecule has 1 heterocycles. The van der Waals surface area contributed by atoms with Gasteiger partial charge in [0.25, 0.3) is 0 Å². The molecule has 20 heavy (non-hydrogen) atoms. The first kappa shape index (κ1) is 13.8. The van der Waals surface area contributed by atoms with Crippen molar-refractivity contribution >= 4 is 21.5 Å². The number of pyridine rings is 1. The molecule has 2 rings (SSSR count). The highest BCUT2D eigenvalue weighted by atomic mass is 32.2. The second-order valence-electron chi connectivity index (χ2n) is 4.14. The van der Waals surface area contributed by atoms with E-state index in [1.807, 2.05) is 6.07 Å². The smallest absolute Gasteiger partial charge is 0.210 e. The number of hydrogen-bond donors (Lipinski definition) is 2. The van der Waals surface area contributed by atoms with Gasteiger partial charge in [-0.25, -0.2) is 13.4 Å². The molecule has 0 unspecified atom stereocenters. The average molecular weight is 288 g/mol. The van der Waals surface area contributed by atoms with Crippen LogP contribution in [0.15, 0.2) is 40.1 Å². The Labute approximate surface area is 116 Å². The van der Waals surface area contributed by atoms with Gasteiger partial charge in [0.1, 0.15) is 22.6 Å². The van der Waals surface area contributed by atoms with E-state index in [1.54, 1.807) is 18.2 Å². The molecule has 2 aromatic rings. The molecular weight excluding hydrogens is 276 g/mol. The standard InChI is InChI=1S/C13H12N4O2S/c1-8-10(7-14)12(15)17-13(16)11(8)20(18,19)9-5-3-2-4-6-9/h2-6H,1H3,(H4,15,16,17). The zero-order chi connectivity index (χ0) is 14.9. The topological polar surface area (TPSA) is 123 Å². The van der Waals surface area contributed by atoms with E-state index in [4.69, 9.17) is 16.7 Å². The summed E-state index contributed by atoms with van der Waals surface area (Å²) < 4.78 is 25.2. The molecule has 4 N–H and O–H groups in total. The third-order valence-corrected chi connectivity index (χ3v) is 4.82. The lowest BCUT2D eigenvalue weighted by molar-refractivity contribution is 0.595. The summed E-state index contributed by atoms with van der Waals surface area (Å²) in [6.45, 7) is 1.49. The van der Waals surface area contributed by atoms with E-state index in [2.05, 4.69) is 4.98 Å². The fourth-order valence-corrected chi connectivity index (χ4v) is 3.51. The van der Waals surface area contributed by atoms with Crippen molar-refractivity contribution in [3.8, 4) is 6.07 Å². The normalized spacial score (nSPS) is 11.0. The predicted octanol–water partition coefficient (Wildman–Crippen LogP) is 1.26. The fourth-order valence-electron chi connectivity index (χ4n) is 1.93. The van der Waals surface area contributed by atoms with Crippen LogP contribution in [-0.4, -0.2) is 13.4 Å². The minimum absolute atomic E-state index is 0.0220. The second kappa shape index (κ2) is 4.83. The van der Waals surface area contributed by atoms with Crippen molar-refractivity contribution in [1.29, 1.82) is 5.26 Å². The van der Waals surface area contributed by atoms with Gasteiger partial charge in [0.05, 0.1) is 10.5 Å². The molecule has 0 spiro atoms. The van der Waals surface area contributed by atoms with Crippen molar-refractivity contribution < 1.29 is 8.42 Å². The lowest BCUT2D eigenvalue weighted by Crippen LogP contribution is -2.12. The van der Waals surface area contributed by atoms with Crippen molar-refractivity contribution in [2.45, 2.75) is 16.7 Å². The molecule has 6 nitrogen and oxygen atoms in total. The zero-order valence-corrected chi connectivity index (χ0v) is 11.5. The van der Waals surface area contributed by atoms with Crippen molar-refractivity contribution in [2.75, 3.05) is 11.5 Å². The lowest BCUT2D eigenvalue weighted by Gasteiger charge is -2.12. The number of anilines is 2. The highest BCUT2D eigenvalue weighted by Crippen LogP contribution is 2.31. The van der Waals surface area contributed by atoms with Crippen molar-refractivity contribution in [2.24, 2.45) is 0 Å². The first-order valence-electron chi connectivity index (χ1n) is 5.65. The average Bonchev–Trinajstić information content (AvgIpc) is 2.39. The van der Waals surface area contributed by atoms with Gasteiger partial charge in [-0.1, -0.05) is 18.2 Å². The van der Waals surface area contributed by atoms with E-state index in [0.29, 0.717) is 0 Å². The number of sulfone groups is 1. The molecule has 0 aliphatic rings. The van der Waals surface area contributed by atoms with Crippen LogP contribution >= 0.6 is 0 Å². The molecule has 0 aliphatic heterocycles. The van der Waals surface area contributed by atoms with Gasteiger partial charge >= 0.3 is 0 Å². The molecule has 0 bridgehead atoms. The van der Waals surface area contributed by atoms with E-state index in [-0.39, 0.29) is 32.6 Å². The monoisotopic (exact) mass is 288 g/mol. The van der Waals surface area contributed by atoms with Gasteiger partial charge in [-0.3, -0.25) is 0 Å². The van der Waals surface area contributed by atoms with Gasteiger partial charge in [-0.05, 0) is 24.6 Å². The van der Waals surface area contributed by atoms with Crippen molar-refractivity contribution in [1.82, 2.24) is 4.98 Å². The maximum atomic E-state index is 12.6. The van der Waals surface area contributed by atoms with Crippen molar-refractivity contribution in [3.05, 3.63) is 41.5 Å². The first-order chi connectivity index (χ1) is 9.39. The molecule has 0 saturated carbocycles. The zero-order valence-electron chi connectivity index (χ0n) is 10.7. The SMILES string of the molecule is Cc1c(C#N)c(N)nc(N)c1S(=O)(=O)c1ccccc1. The summed E-state index contributed by atoms with van der Waals surface area (Å²) in [5, 5.41) is 9.05. The number of nitrogens with zero attached hydrogens (tertiary/aromatic N) is 2. The number of nitrogens with two attached hydrogens (primary N) is 2. The van der Waals surface area contributed by atoms with Gasteiger partial charge in [0.15, 0.2) is 0 Å². The van der Waals surface area contributed by atoms with Crippen LogP contribution in [0.3, 0.4) is 0 Å². The van der Waals surface area contributed by atoms with E-state index in [9.17, 15) is 8.42 Å². The molecule has 7 heteroatoms. The first-order valence-corrected chi connectivity index (χ1v) is 7.13. The van der Waals surface area contributed by atoms with Crippen molar-refractivity contribution in [3.63, 3.8) is 0 Å². The van der Waals surface area contributed by atoms with Crippen LogP contribution in [0, 0.1) is 18.3 Å². The maximum absolute atomic E-state index is 12.6. The molecule has 1 aromatic carbocycles. The van der Waals surface area contributed by atoms with Gasteiger partial charge in [-0.2, -0.15) is 5.26 Å². The number of nitriles is 1. The molecule has 0 fully saturated rings. The number of aromatic nitrogens is 1. The van der Waals surface area contributed by atoms with Gasteiger partial charge < -0.3 is 11.5 Å². The largest absolute Gasteiger partial charge is 0.383 e. The quantitative estimate of drug-likeness (QED) is 0.857. The van der Waals surface area contributed by atoms with Crippen LogP contribution in [0.5, 0.6) is 0 Å². The molecule has 0 amide bonds. The summed E-state index contributed by atoms with van der Waals surface area (Å²) in [5.41, 5.74) is 11.5. The minimum Gasteiger partial charge on any atom is -0.383 e. The summed E-state index contributed by atoms with van der Waals surface area (Å²) >= 11 is 0. The third-order valence-electron chi connectivity index (χ3n) is 2.88. The molecule has 0 aliphatic carbocycles. The number of nitrogen functional groups attached to an aromatic ring is 2. The summed E-state index contributed by atoms with van der Waals surface area (Å²) in [6.07, 6.45) is 0. The summed E-state index contributed by atoms with van der Waals surface area (Å²) in [5.74, 6) is -0.280. The molecule has 1 aromatic heterocycles. The molecule has 0 atom stereocenters. The van der Waals surface area contributed by atoms with Crippen LogP contribution in [-0.2, 0) is 9.84 Å². The Kier molecular flexibility index (Phi) is 3.34. The minimum atomic E-state index is -3.84. The van der Waals surface area contributed by atoms with E-state index in [1.165, 1.54) is 19.1 Å². The van der Waals surface area contributed by atoms with Crippen LogP contribution in [0.1, 0.15) is 11.1 Å². The van der Waals surface area contributed by atoms with E-state index >= 15 is 0 Å². The highest BCUT2D eigenvalue weighted by Gasteiger charge is 2.26. The Morgan fingerprint density at radius 1 is 1.15 bits per heavy atom. The van der Waals surface area contributed by atoms with E-state index in [0.717, 1.165) is 0 Å². The number of hydrogen-bond acceptors (Lipinski definition) is 6. The van der Waals surface area contributed by atoms with Crippen LogP contribution in [0.2, 0.25) is 0 Å². The van der Waals surface area contributed by atoms with Gasteiger partial charge in [-0.15, -0.1) is 0 Å². The van der Waals surface area contributed by atoms with E-state index < -0.39 is 9.84 Å². The van der Waals surface area contributed by atoms with Crippen LogP contribution < -0.4 is 11.5 Å². The predicted molar refractivity (Wildman–Crippen MR) is 74.4 cm³/mol. The van der Waals surface area contributed by atoms with Gasteiger partial charge in [0, 0.05) is 0 Å². The number of benzene rings is 1. The Bertz CT molecular complexity index is 809. The Morgan fingerprint density at radius 2 is 1.75 bits per heavy atom. The summed E-state index contributed by atoms with van der Waals surface area (Å²) in [7, 11) is -3.84. The molecule has 0 saturated heterocycles.